The summed E-state index contributed by atoms with van der Waals surface area (Å²) >= 11 is 6.39. The van der Waals surface area contributed by atoms with Crippen LogP contribution in [0.4, 0.5) is 5.69 Å². The van der Waals surface area contributed by atoms with Gasteiger partial charge in [-0.3, -0.25) is 4.90 Å². The van der Waals surface area contributed by atoms with E-state index >= 15 is 0 Å². The monoisotopic (exact) mass is 480 g/mol. The first kappa shape index (κ1) is 22.7. The molecule has 8 nitrogen and oxygen atoms in total. The van der Waals surface area contributed by atoms with Crippen molar-refractivity contribution in [3.63, 3.8) is 0 Å². The van der Waals surface area contributed by atoms with Crippen molar-refractivity contribution in [3.05, 3.63) is 48.2 Å². The minimum Gasteiger partial charge on any atom is -0.495 e. The SMILES string of the molecule is COc1ccc(C)cc1S(=O)(=O)N(Cl)c1cc(OCCN2CCOCC2)c2occc2c1. The van der Waals surface area contributed by atoms with Gasteiger partial charge in [0, 0.05) is 42.9 Å². The first-order chi connectivity index (χ1) is 15.4. The van der Waals surface area contributed by atoms with Gasteiger partial charge in [0.15, 0.2) is 11.3 Å². The highest BCUT2D eigenvalue weighted by Gasteiger charge is 2.28. The Kier molecular flexibility index (Phi) is 6.80. The lowest BCUT2D eigenvalue weighted by Crippen LogP contribution is -2.38. The van der Waals surface area contributed by atoms with Crippen molar-refractivity contribution in [1.29, 1.82) is 0 Å². The molecule has 32 heavy (non-hydrogen) atoms. The standard InChI is InChI=1S/C22H25ClN2O6S/c1-16-3-4-19(28-2)21(13-16)32(26,27)25(23)18-14-17-5-9-31-22(17)20(15-18)30-12-8-24-6-10-29-11-7-24/h3-5,9,13-15H,6-8,10-12H2,1-2H3. The third-order valence-corrected chi connectivity index (χ3v) is 7.53. The third kappa shape index (κ3) is 4.66. The van der Waals surface area contributed by atoms with E-state index in [-0.39, 0.29) is 16.3 Å². The van der Waals surface area contributed by atoms with Crippen molar-refractivity contribution in [3.8, 4) is 11.5 Å². The molecule has 0 radical (unpaired) electrons. The smallest absolute Gasteiger partial charge is 0.281 e. The first-order valence-corrected chi connectivity index (χ1v) is 12.0. The van der Waals surface area contributed by atoms with Crippen molar-refractivity contribution < 1.29 is 27.0 Å². The molecule has 1 aliphatic heterocycles. The maximum absolute atomic E-state index is 13.3. The molecular formula is C22H25ClN2O6S. The van der Waals surface area contributed by atoms with E-state index in [0.717, 1.165) is 25.2 Å². The summed E-state index contributed by atoms with van der Waals surface area (Å²) in [5, 5.41) is 0.681. The minimum atomic E-state index is -4.10. The molecule has 0 amide bonds. The summed E-state index contributed by atoms with van der Waals surface area (Å²) in [6.07, 6.45) is 1.53. The molecule has 2 aromatic carbocycles. The van der Waals surface area contributed by atoms with Crippen LogP contribution in [0.25, 0.3) is 11.0 Å². The second kappa shape index (κ2) is 9.58. The van der Waals surface area contributed by atoms with E-state index in [0.29, 0.717) is 40.4 Å². The fourth-order valence-electron chi connectivity index (χ4n) is 3.56. The van der Waals surface area contributed by atoms with Crippen LogP contribution in [0.1, 0.15) is 5.56 Å². The lowest BCUT2D eigenvalue weighted by atomic mass is 10.2. The van der Waals surface area contributed by atoms with Gasteiger partial charge in [-0.1, -0.05) is 6.07 Å². The van der Waals surface area contributed by atoms with E-state index < -0.39 is 10.0 Å². The molecule has 3 aromatic rings. The molecule has 0 aliphatic carbocycles. The van der Waals surface area contributed by atoms with Gasteiger partial charge in [0.05, 0.1) is 32.3 Å². The van der Waals surface area contributed by atoms with E-state index in [1.54, 1.807) is 37.3 Å². The summed E-state index contributed by atoms with van der Waals surface area (Å²) in [5.74, 6) is 0.639. The van der Waals surface area contributed by atoms with Crippen LogP contribution in [0.5, 0.6) is 11.5 Å². The largest absolute Gasteiger partial charge is 0.495 e. The number of benzene rings is 2. The zero-order valence-electron chi connectivity index (χ0n) is 17.9. The minimum absolute atomic E-state index is 0.0166. The molecule has 4 rings (SSSR count). The van der Waals surface area contributed by atoms with E-state index in [9.17, 15) is 8.42 Å². The Morgan fingerprint density at radius 3 is 2.66 bits per heavy atom. The zero-order chi connectivity index (χ0) is 22.7. The number of ether oxygens (including phenoxy) is 3. The molecular weight excluding hydrogens is 456 g/mol. The van der Waals surface area contributed by atoms with Gasteiger partial charge in [-0.05, 0) is 36.8 Å². The van der Waals surface area contributed by atoms with Gasteiger partial charge < -0.3 is 18.6 Å². The Morgan fingerprint density at radius 1 is 1.12 bits per heavy atom. The lowest BCUT2D eigenvalue weighted by molar-refractivity contribution is 0.0323. The quantitative estimate of drug-likeness (QED) is 0.453. The van der Waals surface area contributed by atoms with E-state index in [1.165, 1.54) is 19.4 Å². The van der Waals surface area contributed by atoms with Crippen molar-refractivity contribution in [1.82, 2.24) is 4.90 Å². The van der Waals surface area contributed by atoms with Crippen LogP contribution >= 0.6 is 11.8 Å². The summed E-state index contributed by atoms with van der Waals surface area (Å²) < 4.78 is 49.5. The van der Waals surface area contributed by atoms with Crippen molar-refractivity contribution in [2.75, 3.05) is 50.4 Å². The average Bonchev–Trinajstić information content (AvgIpc) is 3.28. The molecule has 2 heterocycles. The van der Waals surface area contributed by atoms with Gasteiger partial charge in [0.1, 0.15) is 17.3 Å². The van der Waals surface area contributed by atoms with Crippen molar-refractivity contribution >= 4 is 38.5 Å². The second-order valence-corrected chi connectivity index (χ2v) is 9.75. The Labute approximate surface area is 192 Å². The zero-order valence-corrected chi connectivity index (χ0v) is 19.5. The van der Waals surface area contributed by atoms with E-state index in [1.807, 2.05) is 0 Å². The molecule has 0 bridgehead atoms. The van der Waals surface area contributed by atoms with Crippen LogP contribution in [-0.4, -0.2) is 59.9 Å². The maximum atomic E-state index is 13.3. The highest BCUT2D eigenvalue weighted by molar-refractivity contribution is 7.94. The number of nitrogens with zero attached hydrogens (tertiary/aromatic N) is 2. The predicted octanol–water partition coefficient (Wildman–Crippen LogP) is 3.81. The molecule has 0 saturated carbocycles. The summed E-state index contributed by atoms with van der Waals surface area (Å²) in [7, 11) is -2.68. The van der Waals surface area contributed by atoms with Gasteiger partial charge in [-0.25, -0.2) is 0 Å². The summed E-state index contributed by atoms with van der Waals surface area (Å²) in [4.78, 5) is 2.23. The second-order valence-electron chi connectivity index (χ2n) is 7.46. The summed E-state index contributed by atoms with van der Waals surface area (Å²) in [6.45, 7) is 6.06. The molecule has 1 saturated heterocycles. The fraction of sp³-hybridized carbons (Fsp3) is 0.364. The Morgan fingerprint density at radius 2 is 1.91 bits per heavy atom. The Balaban J connectivity index is 1.61. The van der Waals surface area contributed by atoms with Gasteiger partial charge in [0.25, 0.3) is 10.0 Å². The normalized spacial score (nSPS) is 15.1. The van der Waals surface area contributed by atoms with Gasteiger partial charge in [-0.2, -0.15) is 12.2 Å². The van der Waals surface area contributed by atoms with Gasteiger partial charge in [-0.15, -0.1) is 0 Å². The van der Waals surface area contributed by atoms with E-state index in [2.05, 4.69) is 4.90 Å². The van der Waals surface area contributed by atoms with Crippen LogP contribution < -0.4 is 13.3 Å². The molecule has 1 aromatic heterocycles. The van der Waals surface area contributed by atoms with Gasteiger partial charge >= 0.3 is 0 Å². The van der Waals surface area contributed by atoms with Crippen LogP contribution in [-0.2, 0) is 14.8 Å². The summed E-state index contributed by atoms with van der Waals surface area (Å²) in [5.41, 5.74) is 1.55. The van der Waals surface area contributed by atoms with Crippen LogP contribution in [0.2, 0.25) is 0 Å². The number of anilines is 1. The number of rotatable bonds is 8. The number of fused-ring (bicyclic) bond motifs is 1. The topological polar surface area (TPSA) is 81.5 Å². The highest BCUT2D eigenvalue weighted by Crippen LogP contribution is 2.37. The molecule has 0 spiro atoms. The van der Waals surface area contributed by atoms with Gasteiger partial charge in [0.2, 0.25) is 0 Å². The maximum Gasteiger partial charge on any atom is 0.281 e. The number of hydrogen-bond donors (Lipinski definition) is 0. The molecule has 10 heteroatoms. The highest BCUT2D eigenvalue weighted by atomic mass is 35.5. The van der Waals surface area contributed by atoms with E-state index in [4.69, 9.17) is 30.4 Å². The van der Waals surface area contributed by atoms with Crippen LogP contribution in [0.15, 0.2) is 52.0 Å². The number of halogens is 1. The Hall–Kier alpha value is -2.46. The third-order valence-electron chi connectivity index (χ3n) is 5.28. The molecule has 1 fully saturated rings. The Bertz CT molecular complexity index is 1190. The average molecular weight is 481 g/mol. The molecule has 0 N–H and O–H groups in total. The number of morpholine rings is 1. The number of furan rings is 1. The molecule has 172 valence electrons. The predicted molar refractivity (Wildman–Crippen MR) is 122 cm³/mol. The fourth-order valence-corrected chi connectivity index (χ4v) is 5.18. The van der Waals surface area contributed by atoms with Crippen molar-refractivity contribution in [2.45, 2.75) is 11.8 Å². The number of sulfonamides is 1. The lowest BCUT2D eigenvalue weighted by Gasteiger charge is -2.26. The van der Waals surface area contributed by atoms with Crippen molar-refractivity contribution in [2.24, 2.45) is 0 Å². The first-order valence-electron chi connectivity index (χ1n) is 10.2. The number of methoxy groups -OCH3 is 1. The van der Waals surface area contributed by atoms with Crippen LogP contribution in [0, 0.1) is 6.92 Å². The molecule has 0 unspecified atom stereocenters. The summed E-state index contributed by atoms with van der Waals surface area (Å²) in [6, 6.07) is 9.84. The number of aryl methyl sites for hydroxylation is 1. The van der Waals surface area contributed by atoms with Crippen LogP contribution in [0.3, 0.4) is 0 Å². The molecule has 0 atom stereocenters. The number of hydrogen-bond acceptors (Lipinski definition) is 7. The molecule has 1 aliphatic rings.